The van der Waals surface area contributed by atoms with Gasteiger partial charge in [0.15, 0.2) is 0 Å². The molecule has 4 amide bonds. The molecule has 3 unspecified atom stereocenters. The van der Waals surface area contributed by atoms with E-state index >= 15 is 0 Å². The maximum absolute atomic E-state index is 13.1. The predicted octanol–water partition coefficient (Wildman–Crippen LogP) is -1.16. The molecule has 190 valence electrons. The average molecular weight is 507 g/mol. The van der Waals surface area contributed by atoms with E-state index < -0.39 is 54.1 Å². The van der Waals surface area contributed by atoms with E-state index in [4.69, 9.17) is 11.5 Å². The summed E-state index contributed by atoms with van der Waals surface area (Å²) in [4.78, 5) is 64.0. The number of aliphatic carboxylic acids is 1. The third-order valence-electron chi connectivity index (χ3n) is 5.20. The Labute approximate surface area is 205 Å². The van der Waals surface area contributed by atoms with Crippen molar-refractivity contribution in [1.82, 2.24) is 20.9 Å². The molecule has 35 heavy (non-hydrogen) atoms. The van der Waals surface area contributed by atoms with Gasteiger partial charge in [-0.05, 0) is 30.1 Å². The molecule has 0 fully saturated rings. The Bertz CT molecular complexity index is 1070. The van der Waals surface area contributed by atoms with Gasteiger partial charge in [0, 0.05) is 23.5 Å². The number of nitrogens with two attached hydrogens (primary N) is 2. The van der Waals surface area contributed by atoms with Gasteiger partial charge in [-0.3, -0.25) is 19.2 Å². The number of hydrogen-bond acceptors (Lipinski definition) is 7. The van der Waals surface area contributed by atoms with Gasteiger partial charge in [0.05, 0.1) is 13.0 Å². The molecule has 0 bridgehead atoms. The number of fused-ring (bicyclic) bond motifs is 1. The Morgan fingerprint density at radius 1 is 1.03 bits per heavy atom. The molecule has 13 heteroatoms. The lowest BCUT2D eigenvalue weighted by Gasteiger charge is -2.24. The van der Waals surface area contributed by atoms with Crippen LogP contribution in [0.5, 0.6) is 0 Å². The number of rotatable bonds is 14. The molecule has 0 aliphatic rings. The number of aromatic amines is 1. The Morgan fingerprint density at radius 3 is 2.31 bits per heavy atom. The van der Waals surface area contributed by atoms with Gasteiger partial charge in [-0.25, -0.2) is 4.79 Å². The molecule has 0 radical (unpaired) electrons. The van der Waals surface area contributed by atoms with Crippen molar-refractivity contribution in [3.05, 3.63) is 36.0 Å². The summed E-state index contributed by atoms with van der Waals surface area (Å²) in [6, 6.07) is 3.62. The number of H-pyrrole nitrogens is 1. The van der Waals surface area contributed by atoms with Gasteiger partial charge in [-0.15, -0.1) is 0 Å². The van der Waals surface area contributed by atoms with E-state index in [9.17, 15) is 29.1 Å². The zero-order valence-corrected chi connectivity index (χ0v) is 20.0. The maximum atomic E-state index is 13.1. The van der Waals surface area contributed by atoms with E-state index in [1.165, 1.54) is 11.8 Å². The second-order valence-corrected chi connectivity index (χ2v) is 8.79. The highest BCUT2D eigenvalue weighted by Crippen LogP contribution is 2.19. The monoisotopic (exact) mass is 506 g/mol. The number of hydrogen-bond donors (Lipinski definition) is 7. The van der Waals surface area contributed by atoms with Crippen LogP contribution >= 0.6 is 11.8 Å². The summed E-state index contributed by atoms with van der Waals surface area (Å²) in [5.41, 5.74) is 12.2. The van der Waals surface area contributed by atoms with Crippen LogP contribution in [-0.4, -0.2) is 76.4 Å². The van der Waals surface area contributed by atoms with E-state index in [1.54, 1.807) is 12.5 Å². The number of amides is 4. The molecule has 1 aromatic heterocycles. The number of carboxylic acids is 1. The minimum atomic E-state index is -1.43. The predicted molar refractivity (Wildman–Crippen MR) is 131 cm³/mol. The van der Waals surface area contributed by atoms with Crippen molar-refractivity contribution in [3.63, 3.8) is 0 Å². The molecule has 0 saturated carbocycles. The van der Waals surface area contributed by atoms with Crippen molar-refractivity contribution < 1.29 is 29.1 Å². The Hall–Kier alpha value is -3.58. The first-order chi connectivity index (χ1) is 16.7. The van der Waals surface area contributed by atoms with Crippen molar-refractivity contribution in [2.45, 2.75) is 37.4 Å². The largest absolute Gasteiger partial charge is 0.480 e. The minimum Gasteiger partial charge on any atom is -0.480 e. The van der Waals surface area contributed by atoms with Gasteiger partial charge in [0.25, 0.3) is 0 Å². The van der Waals surface area contributed by atoms with E-state index in [0.717, 1.165) is 16.5 Å². The van der Waals surface area contributed by atoms with Gasteiger partial charge in [-0.2, -0.15) is 11.8 Å². The van der Waals surface area contributed by atoms with Gasteiger partial charge in [-0.1, -0.05) is 18.2 Å². The lowest BCUT2D eigenvalue weighted by molar-refractivity contribution is -0.142. The number of aromatic nitrogens is 1. The quantitative estimate of drug-likeness (QED) is 0.166. The SMILES string of the molecule is CSCCC(NC(=O)C(CC(N)=O)NC(=O)C(Cc1c[nH]c2ccccc12)NC(=O)CN)C(=O)O. The van der Waals surface area contributed by atoms with Gasteiger partial charge in [0.2, 0.25) is 23.6 Å². The Morgan fingerprint density at radius 2 is 1.69 bits per heavy atom. The zero-order chi connectivity index (χ0) is 26.0. The molecule has 1 heterocycles. The number of nitrogens with one attached hydrogen (secondary N) is 4. The first kappa shape index (κ1) is 27.7. The number of para-hydroxylation sites is 1. The molecule has 0 spiro atoms. The molecule has 0 saturated heterocycles. The lowest BCUT2D eigenvalue weighted by atomic mass is 10.0. The van der Waals surface area contributed by atoms with E-state index in [0.29, 0.717) is 5.75 Å². The van der Waals surface area contributed by atoms with E-state index in [-0.39, 0.29) is 19.4 Å². The molecule has 12 nitrogen and oxygen atoms in total. The lowest BCUT2D eigenvalue weighted by Crippen LogP contribution is -2.57. The van der Waals surface area contributed by atoms with Crippen LogP contribution in [0, 0.1) is 0 Å². The van der Waals surface area contributed by atoms with E-state index in [2.05, 4.69) is 20.9 Å². The zero-order valence-electron chi connectivity index (χ0n) is 19.2. The third-order valence-corrected chi connectivity index (χ3v) is 5.84. The number of carbonyl (C=O) groups is 5. The second kappa shape index (κ2) is 13.3. The van der Waals surface area contributed by atoms with Crippen molar-refractivity contribution in [1.29, 1.82) is 0 Å². The first-order valence-electron chi connectivity index (χ1n) is 10.8. The number of primary amides is 1. The molecule has 2 rings (SSSR count). The van der Waals surface area contributed by atoms with Gasteiger partial charge < -0.3 is 37.5 Å². The number of carboxylic acid groups (broad SMARTS) is 1. The summed E-state index contributed by atoms with van der Waals surface area (Å²) in [5.74, 6) is -3.87. The summed E-state index contributed by atoms with van der Waals surface area (Å²) in [6.07, 6.45) is 3.15. The van der Waals surface area contributed by atoms with Gasteiger partial charge >= 0.3 is 5.97 Å². The summed E-state index contributed by atoms with van der Waals surface area (Å²) in [6.45, 7) is -0.363. The summed E-state index contributed by atoms with van der Waals surface area (Å²) in [5, 5.41) is 17.5. The van der Waals surface area contributed by atoms with Crippen LogP contribution in [0.15, 0.2) is 30.5 Å². The van der Waals surface area contributed by atoms with Crippen molar-refractivity contribution in [2.75, 3.05) is 18.6 Å². The molecule has 9 N–H and O–H groups in total. The summed E-state index contributed by atoms with van der Waals surface area (Å²) >= 11 is 1.41. The van der Waals surface area contributed by atoms with Crippen LogP contribution in [0.1, 0.15) is 18.4 Å². The topological polar surface area (TPSA) is 209 Å². The van der Waals surface area contributed by atoms with Crippen LogP contribution < -0.4 is 27.4 Å². The number of thioether (sulfide) groups is 1. The van der Waals surface area contributed by atoms with Crippen LogP contribution in [0.3, 0.4) is 0 Å². The van der Waals surface area contributed by atoms with E-state index in [1.807, 2.05) is 24.3 Å². The van der Waals surface area contributed by atoms with Crippen LogP contribution in [0.2, 0.25) is 0 Å². The second-order valence-electron chi connectivity index (χ2n) is 7.80. The molecule has 3 atom stereocenters. The number of carbonyl (C=O) groups excluding carboxylic acids is 4. The maximum Gasteiger partial charge on any atom is 0.326 e. The smallest absolute Gasteiger partial charge is 0.326 e. The van der Waals surface area contributed by atoms with Crippen molar-refractivity contribution in [3.8, 4) is 0 Å². The van der Waals surface area contributed by atoms with Crippen LogP contribution in [0.4, 0.5) is 0 Å². The number of benzene rings is 1. The summed E-state index contributed by atoms with van der Waals surface area (Å²) in [7, 11) is 0. The molecule has 2 aromatic rings. The van der Waals surface area contributed by atoms with Crippen LogP contribution in [-0.2, 0) is 30.4 Å². The molecular weight excluding hydrogens is 476 g/mol. The highest BCUT2D eigenvalue weighted by atomic mass is 32.2. The van der Waals surface area contributed by atoms with Crippen molar-refractivity contribution in [2.24, 2.45) is 11.5 Å². The molecule has 0 aliphatic carbocycles. The Balaban J connectivity index is 2.22. The fourth-order valence-electron chi connectivity index (χ4n) is 3.43. The Kier molecular flexibility index (Phi) is 10.5. The van der Waals surface area contributed by atoms with Crippen LogP contribution in [0.25, 0.3) is 10.9 Å². The third kappa shape index (κ3) is 8.30. The highest BCUT2D eigenvalue weighted by Gasteiger charge is 2.30. The fraction of sp³-hybridized carbons (Fsp3) is 0.409. The average Bonchev–Trinajstić information content (AvgIpc) is 3.22. The standard InChI is InChI=1S/C22H30N6O6S/c1-35-7-6-15(22(33)34)27-21(32)17(9-18(24)29)28-20(31)16(26-19(30)10-23)8-12-11-25-14-5-3-2-4-13(12)14/h2-5,11,15-17,25H,6-10,23H2,1H3,(H2,24,29)(H,26,30)(H,27,32)(H,28,31)(H,33,34). The normalized spacial score (nSPS) is 13.4. The first-order valence-corrected chi connectivity index (χ1v) is 12.2. The summed E-state index contributed by atoms with van der Waals surface area (Å²) < 4.78 is 0. The molecule has 1 aromatic carbocycles. The molecule has 0 aliphatic heterocycles. The fourth-order valence-corrected chi connectivity index (χ4v) is 3.90. The minimum absolute atomic E-state index is 0.0674. The molecular formula is C22H30N6O6S. The highest BCUT2D eigenvalue weighted by molar-refractivity contribution is 7.98. The van der Waals surface area contributed by atoms with Gasteiger partial charge in [0.1, 0.15) is 18.1 Å². The van der Waals surface area contributed by atoms with Crippen molar-refractivity contribution >= 4 is 52.3 Å².